The molecule has 1 aliphatic rings. The molecule has 0 radical (unpaired) electrons. The van der Waals surface area contributed by atoms with E-state index in [-0.39, 0.29) is 11.9 Å². The molecule has 7 heteroatoms. The number of hydrogen-bond acceptors (Lipinski definition) is 6. The van der Waals surface area contributed by atoms with Gasteiger partial charge in [0.25, 0.3) is 5.91 Å². The fourth-order valence-corrected chi connectivity index (χ4v) is 1.85. The van der Waals surface area contributed by atoms with E-state index in [0.29, 0.717) is 10.6 Å². The van der Waals surface area contributed by atoms with E-state index in [1.165, 1.54) is 6.20 Å². The Balaban J connectivity index is 2.27. The Morgan fingerprint density at radius 1 is 1.67 bits per heavy atom. The Morgan fingerprint density at radius 2 is 2.47 bits per heavy atom. The van der Waals surface area contributed by atoms with Gasteiger partial charge in [0.15, 0.2) is 5.56 Å². The third kappa shape index (κ3) is 2.25. The van der Waals surface area contributed by atoms with Crippen LogP contribution in [-0.2, 0) is 4.79 Å². The number of aromatic nitrogens is 2. The van der Waals surface area contributed by atoms with Crippen molar-refractivity contribution in [1.29, 1.82) is 0 Å². The lowest BCUT2D eigenvalue weighted by atomic mass is 10.3. The number of nitrogens with two attached hydrogens (primary N) is 1. The highest BCUT2D eigenvalue weighted by Crippen LogP contribution is 2.27. The van der Waals surface area contributed by atoms with Crippen LogP contribution in [0.25, 0.3) is 6.08 Å². The zero-order chi connectivity index (χ0) is 10.8. The Hall–Kier alpha value is -1.60. The molecule has 2 rings (SSSR count). The number of amides is 1. The Labute approximate surface area is 89.6 Å². The van der Waals surface area contributed by atoms with Crippen molar-refractivity contribution in [2.24, 2.45) is 0 Å². The molecule has 6 nitrogen and oxygen atoms in total. The van der Waals surface area contributed by atoms with E-state index >= 15 is 0 Å². The lowest BCUT2D eigenvalue weighted by Gasteiger charge is -1.95. The van der Waals surface area contributed by atoms with Gasteiger partial charge in [0, 0.05) is 6.20 Å². The summed E-state index contributed by atoms with van der Waals surface area (Å²) in [5, 5.41) is 11.5. The summed E-state index contributed by atoms with van der Waals surface area (Å²) in [6.07, 6.45) is 3.05. The number of aliphatic hydroxyl groups excluding tert-OH is 1. The van der Waals surface area contributed by atoms with Crippen LogP contribution in [0.4, 0.5) is 5.95 Å². The molecule has 1 aromatic heterocycles. The monoisotopic (exact) mass is 224 g/mol. The number of nitrogen functional groups attached to an aromatic ring is 1. The van der Waals surface area contributed by atoms with Gasteiger partial charge >= 0.3 is 0 Å². The second-order valence-electron chi connectivity index (χ2n) is 2.79. The molecule has 2 heterocycles. The molecule has 1 fully saturated rings. The Bertz CT molecular complexity index is 434. The van der Waals surface area contributed by atoms with Gasteiger partial charge in [-0.15, -0.1) is 0 Å². The van der Waals surface area contributed by atoms with Crippen molar-refractivity contribution < 1.29 is 9.90 Å². The first-order valence-corrected chi connectivity index (χ1v) is 4.99. The maximum atomic E-state index is 11.2. The summed E-state index contributed by atoms with van der Waals surface area (Å²) in [4.78, 5) is 19.3. The molecule has 1 aliphatic heterocycles. The van der Waals surface area contributed by atoms with Crippen LogP contribution in [-0.4, -0.2) is 26.5 Å². The van der Waals surface area contributed by atoms with E-state index in [0.717, 1.165) is 11.8 Å². The third-order valence-electron chi connectivity index (χ3n) is 1.69. The highest BCUT2D eigenvalue weighted by Gasteiger charge is 2.25. The number of nitrogens with zero attached hydrogens (tertiary/aromatic N) is 2. The van der Waals surface area contributed by atoms with Crippen LogP contribution in [0, 0.1) is 0 Å². The lowest BCUT2D eigenvalue weighted by molar-refractivity contribution is -0.117. The van der Waals surface area contributed by atoms with Crippen molar-refractivity contribution in [3.8, 4) is 0 Å². The molecule has 0 aliphatic carbocycles. The van der Waals surface area contributed by atoms with Crippen LogP contribution in [0.1, 0.15) is 5.69 Å². The van der Waals surface area contributed by atoms with Crippen LogP contribution in [0.2, 0.25) is 0 Å². The Morgan fingerprint density at radius 3 is 3.07 bits per heavy atom. The van der Waals surface area contributed by atoms with Crippen molar-refractivity contribution in [2.45, 2.75) is 5.56 Å². The molecular weight excluding hydrogens is 216 g/mol. The van der Waals surface area contributed by atoms with Crippen molar-refractivity contribution in [1.82, 2.24) is 15.3 Å². The van der Waals surface area contributed by atoms with E-state index in [2.05, 4.69) is 15.3 Å². The summed E-state index contributed by atoms with van der Waals surface area (Å²) in [6, 6.07) is 1.63. The molecule has 78 valence electrons. The van der Waals surface area contributed by atoms with Crippen molar-refractivity contribution >= 4 is 29.7 Å². The minimum absolute atomic E-state index is 0.147. The molecular formula is C8H8N4O2S. The molecule has 1 amide bonds. The molecule has 0 saturated carbocycles. The highest BCUT2D eigenvalue weighted by atomic mass is 32.2. The van der Waals surface area contributed by atoms with Crippen LogP contribution in [0.5, 0.6) is 0 Å². The van der Waals surface area contributed by atoms with Crippen molar-refractivity contribution in [3.05, 3.63) is 22.9 Å². The summed E-state index contributed by atoms with van der Waals surface area (Å²) < 4.78 is 0. The third-order valence-corrected chi connectivity index (χ3v) is 2.59. The van der Waals surface area contributed by atoms with Crippen LogP contribution >= 0.6 is 11.8 Å². The normalized spacial score (nSPS) is 23.1. The van der Waals surface area contributed by atoms with Crippen LogP contribution < -0.4 is 11.1 Å². The molecule has 0 bridgehead atoms. The molecule has 15 heavy (non-hydrogen) atoms. The number of anilines is 1. The van der Waals surface area contributed by atoms with Gasteiger partial charge in [-0.25, -0.2) is 9.97 Å². The van der Waals surface area contributed by atoms with E-state index in [1.54, 1.807) is 12.1 Å². The quantitative estimate of drug-likeness (QED) is 0.558. The van der Waals surface area contributed by atoms with Gasteiger partial charge in [0.2, 0.25) is 5.95 Å². The Kier molecular flexibility index (Phi) is 2.57. The maximum Gasteiger partial charge on any atom is 0.260 e. The summed E-state index contributed by atoms with van der Waals surface area (Å²) in [5.41, 5.74) is 5.04. The van der Waals surface area contributed by atoms with Gasteiger partial charge in [-0.1, -0.05) is 11.8 Å². The van der Waals surface area contributed by atoms with Crippen molar-refractivity contribution in [3.63, 3.8) is 0 Å². The number of aliphatic hydroxyl groups is 1. The average molecular weight is 224 g/mol. The number of carbonyl (C=O) groups excluding carboxylic acids is 1. The maximum absolute atomic E-state index is 11.2. The zero-order valence-electron chi connectivity index (χ0n) is 7.54. The molecule has 1 aromatic rings. The average Bonchev–Trinajstić information content (AvgIpc) is 2.45. The van der Waals surface area contributed by atoms with Gasteiger partial charge < -0.3 is 16.2 Å². The van der Waals surface area contributed by atoms with Gasteiger partial charge in [-0.2, -0.15) is 0 Å². The van der Waals surface area contributed by atoms with E-state index in [1.807, 2.05) is 0 Å². The van der Waals surface area contributed by atoms with Crippen molar-refractivity contribution in [2.75, 3.05) is 5.73 Å². The molecule has 1 atom stereocenters. The minimum Gasteiger partial charge on any atom is -0.368 e. The number of rotatable bonds is 1. The smallest absolute Gasteiger partial charge is 0.260 e. The van der Waals surface area contributed by atoms with Crippen LogP contribution in [0.15, 0.2) is 17.2 Å². The number of hydrogen-bond donors (Lipinski definition) is 3. The summed E-state index contributed by atoms with van der Waals surface area (Å²) in [7, 11) is 0. The molecule has 4 N–H and O–H groups in total. The topological polar surface area (TPSA) is 101 Å². The number of carbonyl (C=O) groups is 1. The summed E-state index contributed by atoms with van der Waals surface area (Å²) in [5.74, 6) is -0.169. The van der Waals surface area contributed by atoms with Gasteiger partial charge in [-0.3, -0.25) is 4.79 Å². The molecule has 1 unspecified atom stereocenters. The number of thioether (sulfide) groups is 1. The number of nitrogens with one attached hydrogen (secondary N) is 1. The highest BCUT2D eigenvalue weighted by molar-refractivity contribution is 8.05. The predicted octanol–water partition coefficient (Wildman–Crippen LogP) is -0.461. The molecule has 1 saturated heterocycles. The lowest BCUT2D eigenvalue weighted by Crippen LogP contribution is -2.23. The minimum atomic E-state index is -0.886. The first-order valence-electron chi connectivity index (χ1n) is 4.11. The second kappa shape index (κ2) is 3.87. The van der Waals surface area contributed by atoms with E-state index in [9.17, 15) is 4.79 Å². The van der Waals surface area contributed by atoms with Gasteiger partial charge in [0.05, 0.1) is 10.6 Å². The fourth-order valence-electron chi connectivity index (χ4n) is 1.09. The first kappa shape index (κ1) is 9.94. The van der Waals surface area contributed by atoms with Crippen LogP contribution in [0.3, 0.4) is 0 Å². The zero-order valence-corrected chi connectivity index (χ0v) is 8.36. The molecule has 0 aromatic carbocycles. The largest absolute Gasteiger partial charge is 0.368 e. The van der Waals surface area contributed by atoms with Gasteiger partial charge in [0.1, 0.15) is 0 Å². The van der Waals surface area contributed by atoms with E-state index in [4.69, 9.17) is 10.8 Å². The second-order valence-corrected chi connectivity index (χ2v) is 3.91. The SMILES string of the molecule is Nc1nccc(C=C2SC(O)NC2=O)n1. The fraction of sp³-hybridized carbons (Fsp3) is 0.125. The predicted molar refractivity (Wildman–Crippen MR) is 56.2 cm³/mol. The summed E-state index contributed by atoms with van der Waals surface area (Å²) >= 11 is 1.03. The van der Waals surface area contributed by atoms with Gasteiger partial charge in [-0.05, 0) is 12.1 Å². The molecule has 0 spiro atoms. The standard InChI is InChI=1S/C8H8N4O2S/c9-7-10-2-1-4(11-7)3-5-6(13)12-8(14)15-5/h1-3,8,14H,(H,12,13)(H2,9,10,11). The summed E-state index contributed by atoms with van der Waals surface area (Å²) in [6.45, 7) is 0. The first-order chi connectivity index (χ1) is 7.15. The van der Waals surface area contributed by atoms with E-state index < -0.39 is 5.56 Å².